The van der Waals surface area contributed by atoms with E-state index in [0.717, 1.165) is 57.1 Å². The number of fused-ring (bicyclic) bond motifs is 1. The number of rotatable bonds is 11. The van der Waals surface area contributed by atoms with Crippen LogP contribution in [0.25, 0.3) is 0 Å². The number of urea groups is 1. The zero-order chi connectivity index (χ0) is 32.0. The third-order valence-corrected chi connectivity index (χ3v) is 11.9. The minimum Gasteiger partial charge on any atom is -0.363 e. The first-order valence-corrected chi connectivity index (χ1v) is 17.5. The summed E-state index contributed by atoms with van der Waals surface area (Å²) in [5, 5.41) is 11.3. The van der Waals surface area contributed by atoms with E-state index in [2.05, 4.69) is 41.3 Å². The first kappa shape index (κ1) is 32.8. The minimum absolute atomic E-state index is 0.0750. The number of nitrogens with zero attached hydrogens (tertiary/aromatic N) is 1. The van der Waals surface area contributed by atoms with Gasteiger partial charge in [-0.1, -0.05) is 72.8 Å². The molecule has 0 radical (unpaired) electrons. The predicted octanol–water partition coefficient (Wildman–Crippen LogP) is 3.49. The molecule has 0 bridgehead atoms. The largest absolute Gasteiger partial charge is 0.363 e. The molecule has 2 heterocycles. The molecule has 11 heteroatoms. The lowest BCUT2D eigenvalue weighted by atomic mass is 9.76. The molecule has 2 unspecified atom stereocenters. The summed E-state index contributed by atoms with van der Waals surface area (Å²) in [5.74, 6) is -0.828. The van der Waals surface area contributed by atoms with E-state index < -0.39 is 41.1 Å². The summed E-state index contributed by atoms with van der Waals surface area (Å²) < 4.78 is 0. The normalized spacial score (nSPS) is 29.7. The van der Waals surface area contributed by atoms with Crippen LogP contribution >= 0.6 is 11.8 Å². The number of nitrogens with one attached hydrogen (secondary N) is 3. The Labute approximate surface area is 265 Å². The third-order valence-electron chi connectivity index (χ3n) is 10.9. The molecule has 0 aromatic rings. The Hall–Kier alpha value is -2.56. The van der Waals surface area contributed by atoms with E-state index in [-0.39, 0.29) is 40.6 Å². The lowest BCUT2D eigenvalue weighted by Gasteiger charge is -2.41. The average molecular weight is 630 g/mol. The minimum atomic E-state index is -1.07. The molecular formula is C33H51N5O5S. The Balaban J connectivity index is 1.32. The number of carbonyl (C=O) groups is 5. The SMILES string of the molecule is CC(C)(C)[C@H](NC(=O)NC1(CC2C=CSC2)CCCCC1)C(=O)N1C[C@H]2[C@@H]([C@H]1C(=O)NC(CC1CC1)C(=O)C(N)=O)C2(C)C. The van der Waals surface area contributed by atoms with Crippen LogP contribution in [0.15, 0.2) is 11.5 Å². The van der Waals surface area contributed by atoms with E-state index in [1.54, 1.807) is 16.7 Å². The third kappa shape index (κ3) is 6.97. The van der Waals surface area contributed by atoms with Crippen molar-refractivity contribution in [2.75, 3.05) is 12.3 Å². The van der Waals surface area contributed by atoms with Gasteiger partial charge in [-0.15, -0.1) is 11.8 Å². The monoisotopic (exact) mass is 629 g/mol. The number of hydrogen-bond donors (Lipinski definition) is 4. The van der Waals surface area contributed by atoms with Gasteiger partial charge in [0.05, 0.1) is 6.04 Å². The second kappa shape index (κ2) is 12.3. The molecule has 1 saturated heterocycles. The number of carbonyl (C=O) groups excluding carboxylic acids is 5. The molecule has 6 atom stereocenters. The molecule has 0 aromatic carbocycles. The molecule has 4 fully saturated rings. The van der Waals surface area contributed by atoms with Gasteiger partial charge in [-0.3, -0.25) is 19.2 Å². The van der Waals surface area contributed by atoms with Gasteiger partial charge in [0, 0.05) is 17.8 Å². The standard InChI is InChI=1S/C33H51N5O5S/c1-31(2,3)26(36-30(43)37-33(12-7-6-8-13-33)16-20-11-14-44-18-20)29(42)38-17-21-23(32(21,4)5)24(38)28(41)35-22(15-19-9-10-19)25(39)27(34)40/h11,14,19-24,26H,6-10,12-13,15-18H2,1-5H3,(H2,34,40)(H,35,41)(H2,36,37,43)/t20?,21-,22?,23-,24-,26+/m0/s1. The number of amides is 5. The highest BCUT2D eigenvalue weighted by atomic mass is 32.2. The van der Waals surface area contributed by atoms with Gasteiger partial charge < -0.3 is 26.6 Å². The second-order valence-corrected chi connectivity index (χ2v) is 16.7. The van der Waals surface area contributed by atoms with E-state index in [4.69, 9.17) is 5.73 Å². The van der Waals surface area contributed by atoms with Crippen LogP contribution in [0, 0.1) is 34.5 Å². The van der Waals surface area contributed by atoms with Crippen LogP contribution in [-0.4, -0.2) is 70.4 Å². The Kier molecular flexibility index (Phi) is 9.19. The highest BCUT2D eigenvalue weighted by molar-refractivity contribution is 8.02. The Morgan fingerprint density at radius 1 is 1.05 bits per heavy atom. The van der Waals surface area contributed by atoms with Crippen molar-refractivity contribution in [2.24, 2.45) is 40.2 Å². The molecule has 5 amide bonds. The molecule has 5 N–H and O–H groups in total. The number of hydrogen-bond acceptors (Lipinski definition) is 6. The van der Waals surface area contributed by atoms with Gasteiger partial charge in [0.15, 0.2) is 0 Å². The van der Waals surface area contributed by atoms with Crippen molar-refractivity contribution in [1.29, 1.82) is 0 Å². The summed E-state index contributed by atoms with van der Waals surface area (Å²) in [6.07, 6.45) is 10.5. The first-order valence-electron chi connectivity index (χ1n) is 16.4. The van der Waals surface area contributed by atoms with Crippen molar-refractivity contribution in [3.8, 4) is 0 Å². The summed E-state index contributed by atoms with van der Waals surface area (Å²) in [5.41, 5.74) is 4.25. The van der Waals surface area contributed by atoms with Crippen LogP contribution in [0.4, 0.5) is 4.79 Å². The van der Waals surface area contributed by atoms with Gasteiger partial charge in [0.1, 0.15) is 12.1 Å². The van der Waals surface area contributed by atoms with Crippen molar-refractivity contribution in [2.45, 2.75) is 116 Å². The number of thioether (sulfide) groups is 1. The zero-order valence-corrected chi connectivity index (χ0v) is 27.8. The second-order valence-electron chi connectivity index (χ2n) is 15.7. The van der Waals surface area contributed by atoms with E-state index in [1.807, 2.05) is 20.8 Å². The predicted molar refractivity (Wildman–Crippen MR) is 170 cm³/mol. The van der Waals surface area contributed by atoms with E-state index in [9.17, 15) is 24.0 Å². The van der Waals surface area contributed by atoms with Crippen LogP contribution in [0.5, 0.6) is 0 Å². The Morgan fingerprint density at radius 3 is 2.30 bits per heavy atom. The van der Waals surface area contributed by atoms with Gasteiger partial charge >= 0.3 is 6.03 Å². The summed E-state index contributed by atoms with van der Waals surface area (Å²) in [6.45, 7) is 10.3. The molecule has 3 aliphatic carbocycles. The lowest BCUT2D eigenvalue weighted by Crippen LogP contribution is -2.63. The molecule has 0 aromatic heterocycles. The number of Topliss-reactive ketones (excluding diaryl/α,β-unsaturated/α-hetero) is 1. The summed E-state index contributed by atoms with van der Waals surface area (Å²) in [6, 6.07) is -3.00. The van der Waals surface area contributed by atoms with Gasteiger partial charge in [-0.2, -0.15) is 0 Å². The number of likely N-dealkylation sites (tertiary alicyclic amines) is 1. The number of piperidine rings is 1. The average Bonchev–Trinajstić information content (AvgIpc) is 3.66. The van der Waals surface area contributed by atoms with Gasteiger partial charge in [-0.25, -0.2) is 4.79 Å². The van der Waals surface area contributed by atoms with Crippen LogP contribution in [0.2, 0.25) is 0 Å². The van der Waals surface area contributed by atoms with E-state index in [1.165, 1.54) is 0 Å². The highest BCUT2D eigenvalue weighted by Crippen LogP contribution is 2.65. The number of primary amides is 1. The number of nitrogens with two attached hydrogens (primary N) is 1. The molecule has 5 rings (SSSR count). The van der Waals surface area contributed by atoms with Crippen LogP contribution in [-0.2, 0) is 19.2 Å². The fraction of sp³-hybridized carbons (Fsp3) is 0.788. The smallest absolute Gasteiger partial charge is 0.315 e. The zero-order valence-electron chi connectivity index (χ0n) is 26.9. The maximum atomic E-state index is 14.3. The maximum absolute atomic E-state index is 14.3. The van der Waals surface area contributed by atoms with Crippen molar-refractivity contribution >= 4 is 41.3 Å². The van der Waals surface area contributed by atoms with Crippen molar-refractivity contribution < 1.29 is 24.0 Å². The highest BCUT2D eigenvalue weighted by Gasteiger charge is 2.70. The van der Waals surface area contributed by atoms with Crippen LogP contribution in [0.1, 0.15) is 92.4 Å². The summed E-state index contributed by atoms with van der Waals surface area (Å²) in [7, 11) is 0. The Bertz CT molecular complexity index is 1200. The summed E-state index contributed by atoms with van der Waals surface area (Å²) in [4.78, 5) is 67.9. The Morgan fingerprint density at radius 2 is 1.73 bits per heavy atom. The molecule has 5 aliphatic rings. The van der Waals surface area contributed by atoms with Crippen molar-refractivity contribution in [1.82, 2.24) is 20.9 Å². The van der Waals surface area contributed by atoms with Crippen molar-refractivity contribution in [3.05, 3.63) is 11.5 Å². The fourth-order valence-corrected chi connectivity index (χ4v) is 8.94. The lowest BCUT2D eigenvalue weighted by molar-refractivity contribution is -0.145. The summed E-state index contributed by atoms with van der Waals surface area (Å²) >= 11 is 1.81. The molecular weight excluding hydrogens is 578 g/mol. The number of ketones is 1. The fourth-order valence-electron chi connectivity index (χ4n) is 8.02. The molecule has 10 nitrogen and oxygen atoms in total. The van der Waals surface area contributed by atoms with E-state index in [0.29, 0.717) is 18.9 Å². The van der Waals surface area contributed by atoms with Crippen LogP contribution in [0.3, 0.4) is 0 Å². The van der Waals surface area contributed by atoms with E-state index >= 15 is 0 Å². The maximum Gasteiger partial charge on any atom is 0.315 e. The van der Waals surface area contributed by atoms with Gasteiger partial charge in [0.2, 0.25) is 17.6 Å². The molecule has 44 heavy (non-hydrogen) atoms. The van der Waals surface area contributed by atoms with Crippen molar-refractivity contribution in [3.63, 3.8) is 0 Å². The van der Waals surface area contributed by atoms with Gasteiger partial charge in [0.25, 0.3) is 5.91 Å². The number of allylic oxidation sites excluding steroid dienone is 1. The van der Waals surface area contributed by atoms with Crippen LogP contribution < -0.4 is 21.7 Å². The van der Waals surface area contributed by atoms with Gasteiger partial charge in [-0.05, 0) is 65.6 Å². The first-order chi connectivity index (χ1) is 20.6. The molecule has 2 aliphatic heterocycles. The molecule has 244 valence electrons. The molecule has 0 spiro atoms. The molecule has 3 saturated carbocycles. The topological polar surface area (TPSA) is 151 Å². The quantitative estimate of drug-likeness (QED) is 0.257.